The van der Waals surface area contributed by atoms with Crippen molar-refractivity contribution in [3.8, 4) is 0 Å². The molecular weight excluding hydrogens is 256 g/mol. The van der Waals surface area contributed by atoms with Gasteiger partial charge in [0.05, 0.1) is 11.0 Å². The molecule has 2 aromatic rings. The highest BCUT2D eigenvalue weighted by Gasteiger charge is 2.11. The van der Waals surface area contributed by atoms with Gasteiger partial charge < -0.3 is 10.4 Å². The van der Waals surface area contributed by atoms with Crippen molar-refractivity contribution < 1.29 is 10.0 Å². The number of nitro groups is 1. The van der Waals surface area contributed by atoms with E-state index in [1.807, 2.05) is 30.3 Å². The van der Waals surface area contributed by atoms with E-state index in [-0.39, 0.29) is 5.69 Å². The maximum atomic E-state index is 10.7. The Labute approximate surface area is 117 Å². The summed E-state index contributed by atoms with van der Waals surface area (Å²) in [5.41, 5.74) is 1.66. The molecule has 0 aliphatic carbocycles. The van der Waals surface area contributed by atoms with Gasteiger partial charge in [0, 0.05) is 25.2 Å². The summed E-state index contributed by atoms with van der Waals surface area (Å²) in [5, 5.41) is 23.8. The third-order valence-corrected chi connectivity index (χ3v) is 2.98. The highest BCUT2D eigenvalue weighted by molar-refractivity contribution is 5.35. The molecule has 2 N–H and O–H groups in total. The fraction of sp³-hybridized carbons (Fsp3) is 0.200. The highest BCUT2D eigenvalue weighted by atomic mass is 16.6. The van der Waals surface area contributed by atoms with Crippen molar-refractivity contribution in [2.75, 3.05) is 6.54 Å². The Morgan fingerprint density at radius 1 is 1.15 bits per heavy atom. The van der Waals surface area contributed by atoms with E-state index in [1.54, 1.807) is 12.1 Å². The summed E-state index contributed by atoms with van der Waals surface area (Å²) in [5.74, 6) is 0. The van der Waals surface area contributed by atoms with Gasteiger partial charge in [-0.3, -0.25) is 10.1 Å². The molecule has 0 aliphatic rings. The predicted molar refractivity (Wildman–Crippen MR) is 76.2 cm³/mol. The van der Waals surface area contributed by atoms with Crippen molar-refractivity contribution in [2.45, 2.75) is 12.6 Å². The zero-order valence-electron chi connectivity index (χ0n) is 10.9. The first-order chi connectivity index (χ1) is 9.66. The SMILES string of the molecule is O=[N+]([O-])c1cccc([C@@H](O)CNCc2ccccc2)c1. The summed E-state index contributed by atoms with van der Waals surface area (Å²) in [6.45, 7) is 0.989. The molecule has 0 aromatic heterocycles. The van der Waals surface area contributed by atoms with Gasteiger partial charge >= 0.3 is 0 Å². The van der Waals surface area contributed by atoms with Gasteiger partial charge in [0.15, 0.2) is 0 Å². The highest BCUT2D eigenvalue weighted by Crippen LogP contribution is 2.18. The van der Waals surface area contributed by atoms with Gasteiger partial charge in [-0.05, 0) is 11.1 Å². The minimum absolute atomic E-state index is 0.00962. The molecule has 0 saturated carbocycles. The molecular formula is C15H16N2O3. The Bertz CT molecular complexity index is 572. The second-order valence-corrected chi connectivity index (χ2v) is 4.48. The number of hydrogen-bond acceptors (Lipinski definition) is 4. The van der Waals surface area contributed by atoms with E-state index in [9.17, 15) is 15.2 Å². The van der Waals surface area contributed by atoms with Crippen LogP contribution >= 0.6 is 0 Å². The number of nitrogens with zero attached hydrogens (tertiary/aromatic N) is 1. The van der Waals surface area contributed by atoms with Gasteiger partial charge in [-0.25, -0.2) is 0 Å². The standard InChI is InChI=1S/C15H16N2O3/c18-15(11-16-10-12-5-2-1-3-6-12)13-7-4-8-14(9-13)17(19)20/h1-9,15-16,18H,10-11H2/t15-/m0/s1. The third-order valence-electron chi connectivity index (χ3n) is 2.98. The van der Waals surface area contributed by atoms with Crippen LogP contribution in [0.4, 0.5) is 5.69 Å². The molecule has 0 aliphatic heterocycles. The van der Waals surface area contributed by atoms with Crippen LogP contribution in [0.25, 0.3) is 0 Å². The molecule has 0 saturated heterocycles. The lowest BCUT2D eigenvalue weighted by molar-refractivity contribution is -0.385. The maximum Gasteiger partial charge on any atom is 0.269 e. The largest absolute Gasteiger partial charge is 0.387 e. The average Bonchev–Trinajstić information content (AvgIpc) is 2.48. The third kappa shape index (κ3) is 3.88. The van der Waals surface area contributed by atoms with E-state index >= 15 is 0 Å². The van der Waals surface area contributed by atoms with Crippen molar-refractivity contribution in [1.29, 1.82) is 0 Å². The number of rotatable bonds is 6. The number of benzene rings is 2. The molecule has 0 heterocycles. The summed E-state index contributed by atoms with van der Waals surface area (Å²) in [7, 11) is 0. The van der Waals surface area contributed by atoms with Crippen molar-refractivity contribution in [3.05, 3.63) is 75.8 Å². The molecule has 0 spiro atoms. The molecule has 104 valence electrons. The molecule has 0 radical (unpaired) electrons. The van der Waals surface area contributed by atoms with E-state index in [4.69, 9.17) is 0 Å². The van der Waals surface area contributed by atoms with Crippen LogP contribution in [0.3, 0.4) is 0 Å². The molecule has 2 aromatic carbocycles. The Morgan fingerprint density at radius 3 is 2.60 bits per heavy atom. The van der Waals surface area contributed by atoms with Crippen LogP contribution in [0.15, 0.2) is 54.6 Å². The maximum absolute atomic E-state index is 10.7. The lowest BCUT2D eigenvalue weighted by Crippen LogP contribution is -2.21. The van der Waals surface area contributed by atoms with Crippen molar-refractivity contribution in [2.24, 2.45) is 0 Å². The normalized spacial score (nSPS) is 12.1. The monoisotopic (exact) mass is 272 g/mol. The van der Waals surface area contributed by atoms with Crippen LogP contribution in [0.5, 0.6) is 0 Å². The fourth-order valence-electron chi connectivity index (χ4n) is 1.91. The Morgan fingerprint density at radius 2 is 1.90 bits per heavy atom. The number of non-ortho nitro benzene ring substituents is 1. The molecule has 20 heavy (non-hydrogen) atoms. The summed E-state index contributed by atoms with van der Waals surface area (Å²) < 4.78 is 0. The summed E-state index contributed by atoms with van der Waals surface area (Å²) in [6, 6.07) is 15.9. The van der Waals surface area contributed by atoms with Gasteiger partial charge in [0.1, 0.15) is 0 Å². The van der Waals surface area contributed by atoms with E-state index < -0.39 is 11.0 Å². The Kier molecular flexibility index (Phi) is 4.81. The average molecular weight is 272 g/mol. The van der Waals surface area contributed by atoms with E-state index in [0.29, 0.717) is 18.7 Å². The molecule has 2 rings (SSSR count). The second-order valence-electron chi connectivity index (χ2n) is 4.48. The van der Waals surface area contributed by atoms with E-state index in [2.05, 4.69) is 5.32 Å². The number of hydrogen-bond donors (Lipinski definition) is 2. The topological polar surface area (TPSA) is 75.4 Å². The zero-order valence-corrected chi connectivity index (χ0v) is 10.9. The number of nitrogens with one attached hydrogen (secondary N) is 1. The fourth-order valence-corrected chi connectivity index (χ4v) is 1.91. The summed E-state index contributed by atoms with van der Waals surface area (Å²) in [6.07, 6.45) is -0.765. The van der Waals surface area contributed by atoms with Crippen molar-refractivity contribution in [1.82, 2.24) is 5.32 Å². The van der Waals surface area contributed by atoms with Crippen LogP contribution in [-0.2, 0) is 6.54 Å². The van der Waals surface area contributed by atoms with Crippen LogP contribution in [-0.4, -0.2) is 16.6 Å². The summed E-state index contributed by atoms with van der Waals surface area (Å²) in [4.78, 5) is 10.2. The van der Waals surface area contributed by atoms with Crippen LogP contribution in [0, 0.1) is 10.1 Å². The van der Waals surface area contributed by atoms with E-state index in [0.717, 1.165) is 5.56 Å². The first kappa shape index (κ1) is 14.2. The first-order valence-electron chi connectivity index (χ1n) is 6.34. The minimum atomic E-state index is -0.765. The predicted octanol–water partition coefficient (Wildman–Crippen LogP) is 2.42. The number of nitro benzene ring substituents is 1. The summed E-state index contributed by atoms with van der Waals surface area (Å²) >= 11 is 0. The Balaban J connectivity index is 1.90. The van der Waals surface area contributed by atoms with Crippen molar-refractivity contribution in [3.63, 3.8) is 0 Å². The van der Waals surface area contributed by atoms with Crippen LogP contribution < -0.4 is 5.32 Å². The zero-order chi connectivity index (χ0) is 14.4. The molecule has 5 heteroatoms. The Hall–Kier alpha value is -2.24. The number of aliphatic hydroxyl groups is 1. The van der Waals surface area contributed by atoms with Crippen LogP contribution in [0.2, 0.25) is 0 Å². The van der Waals surface area contributed by atoms with Crippen LogP contribution in [0.1, 0.15) is 17.2 Å². The second kappa shape index (κ2) is 6.79. The number of aliphatic hydroxyl groups excluding tert-OH is 1. The van der Waals surface area contributed by atoms with Gasteiger partial charge in [0.25, 0.3) is 5.69 Å². The van der Waals surface area contributed by atoms with Gasteiger partial charge in [0.2, 0.25) is 0 Å². The molecule has 0 fully saturated rings. The molecule has 0 amide bonds. The van der Waals surface area contributed by atoms with E-state index in [1.165, 1.54) is 12.1 Å². The molecule has 5 nitrogen and oxygen atoms in total. The molecule has 0 bridgehead atoms. The lowest BCUT2D eigenvalue weighted by Gasteiger charge is -2.12. The van der Waals surface area contributed by atoms with Crippen molar-refractivity contribution >= 4 is 5.69 Å². The first-order valence-corrected chi connectivity index (χ1v) is 6.34. The van der Waals surface area contributed by atoms with Gasteiger partial charge in [-0.2, -0.15) is 0 Å². The van der Waals surface area contributed by atoms with Gasteiger partial charge in [-0.1, -0.05) is 42.5 Å². The molecule has 0 unspecified atom stereocenters. The lowest BCUT2D eigenvalue weighted by atomic mass is 10.1. The quantitative estimate of drug-likeness (QED) is 0.625. The van der Waals surface area contributed by atoms with Gasteiger partial charge in [-0.15, -0.1) is 0 Å². The minimum Gasteiger partial charge on any atom is -0.387 e. The molecule has 1 atom stereocenters. The smallest absolute Gasteiger partial charge is 0.269 e.